The van der Waals surface area contributed by atoms with E-state index in [0.717, 1.165) is 0 Å². The highest BCUT2D eigenvalue weighted by atomic mass is 19.2. The van der Waals surface area contributed by atoms with Gasteiger partial charge in [-0.1, -0.05) is 0 Å². The Kier molecular flexibility index (Phi) is 5.98. The SMILES string of the molecule is COc1c(F)c(F)c(-c2c(F)c(F)c(-c3c(F)c(F)c(F)c(F)c3F)c(F)c2F)c(F)c1F. The molecule has 33 heavy (non-hydrogen) atoms. The third-order valence-corrected chi connectivity index (χ3v) is 4.40. The predicted molar refractivity (Wildman–Crippen MR) is 83.3 cm³/mol. The topological polar surface area (TPSA) is 9.23 Å². The molecule has 0 atom stereocenters. The van der Waals surface area contributed by atoms with Gasteiger partial charge in [0.1, 0.15) is 0 Å². The van der Waals surface area contributed by atoms with Crippen molar-refractivity contribution in [3.63, 3.8) is 0 Å². The third kappa shape index (κ3) is 3.26. The van der Waals surface area contributed by atoms with Crippen LogP contribution < -0.4 is 4.74 Å². The van der Waals surface area contributed by atoms with E-state index >= 15 is 0 Å². The molecule has 3 aromatic carbocycles. The molecule has 0 saturated carbocycles. The van der Waals surface area contributed by atoms with Crippen LogP contribution >= 0.6 is 0 Å². The van der Waals surface area contributed by atoms with Crippen LogP contribution in [0.15, 0.2) is 0 Å². The quantitative estimate of drug-likeness (QED) is 0.220. The fourth-order valence-corrected chi connectivity index (χ4v) is 2.91. The average molecular weight is 494 g/mol. The fraction of sp³-hybridized carbons (Fsp3) is 0.0526. The van der Waals surface area contributed by atoms with Gasteiger partial charge in [-0.15, -0.1) is 0 Å². The Balaban J connectivity index is 2.49. The van der Waals surface area contributed by atoms with Gasteiger partial charge in [0, 0.05) is 0 Å². The van der Waals surface area contributed by atoms with Crippen LogP contribution in [-0.4, -0.2) is 7.11 Å². The van der Waals surface area contributed by atoms with Crippen LogP contribution in [0, 0.1) is 75.6 Å². The van der Waals surface area contributed by atoms with E-state index < -0.39 is 104 Å². The Morgan fingerprint density at radius 3 is 0.727 bits per heavy atom. The first-order valence-corrected chi connectivity index (χ1v) is 8.07. The highest BCUT2D eigenvalue weighted by Crippen LogP contribution is 2.43. The summed E-state index contributed by atoms with van der Waals surface area (Å²) >= 11 is 0. The van der Waals surface area contributed by atoms with E-state index in [9.17, 15) is 57.1 Å². The molecular weight excluding hydrogens is 491 g/mol. The number of ether oxygens (including phenoxy) is 1. The lowest BCUT2D eigenvalue weighted by atomic mass is 9.95. The van der Waals surface area contributed by atoms with Crippen molar-refractivity contribution in [3.8, 4) is 28.0 Å². The zero-order valence-electron chi connectivity index (χ0n) is 15.3. The molecule has 0 radical (unpaired) electrons. The van der Waals surface area contributed by atoms with Gasteiger partial charge in [-0.2, -0.15) is 8.78 Å². The lowest BCUT2D eigenvalue weighted by Gasteiger charge is -2.16. The van der Waals surface area contributed by atoms with Crippen LogP contribution in [0.5, 0.6) is 5.75 Å². The minimum Gasteiger partial charge on any atom is -0.491 e. The van der Waals surface area contributed by atoms with E-state index in [1.54, 1.807) is 0 Å². The highest BCUT2D eigenvalue weighted by molar-refractivity contribution is 5.75. The van der Waals surface area contributed by atoms with E-state index in [4.69, 9.17) is 0 Å². The van der Waals surface area contributed by atoms with E-state index in [-0.39, 0.29) is 0 Å². The molecule has 176 valence electrons. The molecule has 0 fully saturated rings. The summed E-state index contributed by atoms with van der Waals surface area (Å²) in [4.78, 5) is 0. The molecule has 1 nitrogen and oxygen atoms in total. The largest absolute Gasteiger partial charge is 0.491 e. The van der Waals surface area contributed by atoms with Gasteiger partial charge in [0.2, 0.25) is 17.5 Å². The van der Waals surface area contributed by atoms with Crippen molar-refractivity contribution in [2.24, 2.45) is 0 Å². The zero-order chi connectivity index (χ0) is 25.1. The van der Waals surface area contributed by atoms with Crippen molar-refractivity contribution in [2.75, 3.05) is 7.11 Å². The second kappa shape index (κ2) is 8.15. The van der Waals surface area contributed by atoms with Crippen LogP contribution in [0.3, 0.4) is 0 Å². The molecule has 0 bridgehead atoms. The monoisotopic (exact) mass is 494 g/mol. The van der Waals surface area contributed by atoms with Crippen LogP contribution in [0.4, 0.5) is 57.1 Å². The number of hydrogen-bond acceptors (Lipinski definition) is 1. The molecule has 0 aromatic heterocycles. The molecule has 0 aliphatic carbocycles. The van der Waals surface area contributed by atoms with E-state index in [1.807, 2.05) is 0 Å². The maximum absolute atomic E-state index is 14.5. The zero-order valence-corrected chi connectivity index (χ0v) is 15.3. The Labute approximate surface area is 173 Å². The van der Waals surface area contributed by atoms with E-state index in [1.165, 1.54) is 0 Å². The minimum absolute atomic E-state index is 0.541. The van der Waals surface area contributed by atoms with Crippen molar-refractivity contribution in [1.82, 2.24) is 0 Å². The summed E-state index contributed by atoms with van der Waals surface area (Å²) in [6.07, 6.45) is 0. The summed E-state index contributed by atoms with van der Waals surface area (Å²) in [5.74, 6) is -37.3. The summed E-state index contributed by atoms with van der Waals surface area (Å²) in [6.45, 7) is 0. The lowest BCUT2D eigenvalue weighted by molar-refractivity contribution is 0.333. The number of hydrogen-bond donors (Lipinski definition) is 0. The Morgan fingerprint density at radius 1 is 0.303 bits per heavy atom. The molecule has 0 aliphatic rings. The van der Waals surface area contributed by atoms with Crippen molar-refractivity contribution in [1.29, 1.82) is 0 Å². The molecule has 0 unspecified atom stereocenters. The van der Waals surface area contributed by atoms with Crippen LogP contribution in [0.1, 0.15) is 0 Å². The van der Waals surface area contributed by atoms with Crippen LogP contribution in [0.2, 0.25) is 0 Å². The van der Waals surface area contributed by atoms with Crippen LogP contribution in [0.25, 0.3) is 22.3 Å². The van der Waals surface area contributed by atoms with Crippen LogP contribution in [-0.2, 0) is 0 Å². The lowest BCUT2D eigenvalue weighted by Crippen LogP contribution is -2.11. The van der Waals surface area contributed by atoms with E-state index in [2.05, 4.69) is 4.74 Å². The second-order valence-corrected chi connectivity index (χ2v) is 6.12. The summed E-state index contributed by atoms with van der Waals surface area (Å²) in [5, 5.41) is 0. The molecule has 0 amide bonds. The summed E-state index contributed by atoms with van der Waals surface area (Å²) < 4.78 is 186. The van der Waals surface area contributed by atoms with Gasteiger partial charge >= 0.3 is 0 Å². The molecule has 0 aliphatic heterocycles. The van der Waals surface area contributed by atoms with Gasteiger partial charge in [-0.3, -0.25) is 0 Å². The van der Waals surface area contributed by atoms with Crippen molar-refractivity contribution in [3.05, 3.63) is 75.6 Å². The van der Waals surface area contributed by atoms with Gasteiger partial charge in [-0.25, -0.2) is 48.3 Å². The van der Waals surface area contributed by atoms with Crippen molar-refractivity contribution < 1.29 is 61.8 Å². The molecule has 3 aromatic rings. The summed E-state index contributed by atoms with van der Waals surface area (Å²) in [5.41, 5.74) is -9.70. The second-order valence-electron chi connectivity index (χ2n) is 6.12. The minimum atomic E-state index is -2.90. The maximum atomic E-state index is 14.5. The molecule has 14 heteroatoms. The number of methoxy groups -OCH3 is 1. The first-order valence-electron chi connectivity index (χ1n) is 8.07. The molecule has 0 heterocycles. The predicted octanol–water partition coefficient (Wildman–Crippen LogP) is 6.84. The third-order valence-electron chi connectivity index (χ3n) is 4.40. The van der Waals surface area contributed by atoms with Gasteiger partial charge in [0.15, 0.2) is 63.9 Å². The first-order chi connectivity index (χ1) is 15.3. The summed E-state index contributed by atoms with van der Waals surface area (Å²) in [6, 6.07) is 0. The van der Waals surface area contributed by atoms with Gasteiger partial charge in [-0.05, 0) is 0 Å². The highest BCUT2D eigenvalue weighted by Gasteiger charge is 2.37. The normalized spacial score (nSPS) is 11.3. The molecular formula is C19H3F13O. The standard InChI is InChI=1S/C19H3F13O/c1-33-19-17(31)12(26)5(13(27)18(19)32)3-8(22)6(20)2(7(21)9(3)23)4-10(24)14(28)16(30)15(29)11(4)25/h1H3. The molecule has 0 saturated heterocycles. The smallest absolute Gasteiger partial charge is 0.204 e. The molecule has 3 rings (SSSR count). The maximum Gasteiger partial charge on any atom is 0.204 e. The molecule has 0 N–H and O–H groups in total. The average Bonchev–Trinajstić information content (AvgIpc) is 2.78. The number of benzene rings is 3. The fourth-order valence-electron chi connectivity index (χ4n) is 2.91. The van der Waals surface area contributed by atoms with Gasteiger partial charge in [0.05, 0.1) is 29.4 Å². The Morgan fingerprint density at radius 2 is 0.485 bits per heavy atom. The molecule has 0 spiro atoms. The van der Waals surface area contributed by atoms with Crippen molar-refractivity contribution >= 4 is 0 Å². The number of rotatable bonds is 3. The Hall–Kier alpha value is -3.45. The number of halogens is 13. The Bertz CT molecular complexity index is 1250. The first kappa shape index (κ1) is 24.2. The van der Waals surface area contributed by atoms with Crippen molar-refractivity contribution in [2.45, 2.75) is 0 Å². The van der Waals surface area contributed by atoms with E-state index in [0.29, 0.717) is 7.11 Å². The summed E-state index contributed by atoms with van der Waals surface area (Å²) in [7, 11) is 0.541. The van der Waals surface area contributed by atoms with Gasteiger partial charge in [0.25, 0.3) is 0 Å². The van der Waals surface area contributed by atoms with Gasteiger partial charge < -0.3 is 4.74 Å².